The number of rotatable bonds is 6. The molecule has 0 bridgehead atoms. The van der Waals surface area contributed by atoms with E-state index in [0.29, 0.717) is 25.1 Å². The molecule has 0 saturated carbocycles. The van der Waals surface area contributed by atoms with Crippen molar-refractivity contribution in [2.45, 2.75) is 13.0 Å². The van der Waals surface area contributed by atoms with Gasteiger partial charge in [0.05, 0.1) is 4.92 Å². The Kier molecular flexibility index (Phi) is 4.97. The molecule has 0 radical (unpaired) electrons. The van der Waals surface area contributed by atoms with Gasteiger partial charge in [-0.05, 0) is 24.6 Å². The van der Waals surface area contributed by atoms with Gasteiger partial charge in [0.2, 0.25) is 0 Å². The first-order valence-corrected chi connectivity index (χ1v) is 6.63. The van der Waals surface area contributed by atoms with E-state index in [2.05, 4.69) is 10.4 Å². The summed E-state index contributed by atoms with van der Waals surface area (Å²) in [6.45, 7) is 0.777. The highest BCUT2D eigenvalue weighted by Crippen LogP contribution is 2.11. The molecule has 0 saturated heterocycles. The van der Waals surface area contributed by atoms with Crippen molar-refractivity contribution >= 4 is 11.6 Å². The Labute approximate surface area is 125 Å². The summed E-state index contributed by atoms with van der Waals surface area (Å²) in [6.07, 6.45) is 2.08. The summed E-state index contributed by atoms with van der Waals surface area (Å²) >= 11 is 0. The summed E-state index contributed by atoms with van der Waals surface area (Å²) in [5, 5.41) is 17.1. The number of non-ortho nitro benzene ring substituents is 1. The van der Waals surface area contributed by atoms with Crippen molar-refractivity contribution in [2.75, 3.05) is 6.54 Å². The maximum absolute atomic E-state index is 11.8. The van der Waals surface area contributed by atoms with Crippen LogP contribution < -0.4 is 10.9 Å². The third-order valence-corrected chi connectivity index (χ3v) is 2.96. The average Bonchev–Trinajstić information content (AvgIpc) is 2.53. The van der Waals surface area contributed by atoms with E-state index in [9.17, 15) is 19.7 Å². The third kappa shape index (κ3) is 3.98. The number of hydrogen-bond donors (Lipinski definition) is 1. The van der Waals surface area contributed by atoms with Gasteiger partial charge in [0, 0.05) is 43.0 Å². The second-order valence-corrected chi connectivity index (χ2v) is 4.50. The van der Waals surface area contributed by atoms with Gasteiger partial charge in [-0.3, -0.25) is 19.7 Å². The van der Waals surface area contributed by atoms with Crippen LogP contribution in [0, 0.1) is 10.1 Å². The number of aromatic nitrogens is 2. The van der Waals surface area contributed by atoms with Gasteiger partial charge in [0.1, 0.15) is 0 Å². The lowest BCUT2D eigenvalue weighted by Gasteiger charge is -2.06. The lowest BCUT2D eigenvalue weighted by atomic mass is 10.2. The standard InChI is InChI=1S/C14H14N4O4/c19-13-3-1-9-16-17(13)10-2-8-15-14(20)11-4-6-12(7-5-11)18(21)22/h1,3-7,9H,2,8,10H2,(H,15,20). The fourth-order valence-electron chi connectivity index (χ4n) is 1.82. The number of carbonyl (C=O) groups excluding carboxylic acids is 1. The summed E-state index contributed by atoms with van der Waals surface area (Å²) < 4.78 is 1.32. The molecule has 1 aromatic carbocycles. The van der Waals surface area contributed by atoms with Crippen molar-refractivity contribution in [2.24, 2.45) is 0 Å². The van der Waals surface area contributed by atoms with Gasteiger partial charge >= 0.3 is 0 Å². The van der Waals surface area contributed by atoms with E-state index >= 15 is 0 Å². The van der Waals surface area contributed by atoms with E-state index in [0.717, 1.165) is 0 Å². The molecular weight excluding hydrogens is 288 g/mol. The molecule has 8 heteroatoms. The fraction of sp³-hybridized carbons (Fsp3) is 0.214. The van der Waals surface area contributed by atoms with Crippen LogP contribution >= 0.6 is 0 Å². The smallest absolute Gasteiger partial charge is 0.269 e. The van der Waals surface area contributed by atoms with Crippen molar-refractivity contribution in [3.05, 3.63) is 68.6 Å². The van der Waals surface area contributed by atoms with E-state index in [1.54, 1.807) is 6.07 Å². The summed E-state index contributed by atoms with van der Waals surface area (Å²) in [6, 6.07) is 8.34. The second kappa shape index (κ2) is 7.11. The van der Waals surface area contributed by atoms with Crippen molar-refractivity contribution in [1.29, 1.82) is 0 Å². The average molecular weight is 302 g/mol. The molecule has 1 N–H and O–H groups in total. The normalized spacial score (nSPS) is 10.2. The van der Waals surface area contributed by atoms with Crippen molar-refractivity contribution in [3.8, 4) is 0 Å². The Hall–Kier alpha value is -3.03. The Balaban J connectivity index is 1.82. The molecule has 1 heterocycles. The van der Waals surface area contributed by atoms with Gasteiger partial charge in [0.15, 0.2) is 0 Å². The van der Waals surface area contributed by atoms with Crippen molar-refractivity contribution in [3.63, 3.8) is 0 Å². The van der Waals surface area contributed by atoms with Gasteiger partial charge < -0.3 is 5.32 Å². The quantitative estimate of drug-likeness (QED) is 0.486. The monoisotopic (exact) mass is 302 g/mol. The van der Waals surface area contributed by atoms with Gasteiger partial charge in [-0.1, -0.05) is 0 Å². The highest BCUT2D eigenvalue weighted by atomic mass is 16.6. The zero-order valence-corrected chi connectivity index (χ0v) is 11.6. The summed E-state index contributed by atoms with van der Waals surface area (Å²) in [5.74, 6) is -0.316. The lowest BCUT2D eigenvalue weighted by molar-refractivity contribution is -0.384. The topological polar surface area (TPSA) is 107 Å². The molecule has 0 aliphatic heterocycles. The van der Waals surface area contributed by atoms with Crippen LogP contribution in [0.25, 0.3) is 0 Å². The molecule has 114 valence electrons. The van der Waals surface area contributed by atoms with Crippen LogP contribution in [-0.2, 0) is 6.54 Å². The van der Waals surface area contributed by atoms with Crippen LogP contribution in [0.2, 0.25) is 0 Å². The molecular formula is C14H14N4O4. The molecule has 8 nitrogen and oxygen atoms in total. The lowest BCUT2D eigenvalue weighted by Crippen LogP contribution is -2.27. The van der Waals surface area contributed by atoms with Crippen molar-refractivity contribution in [1.82, 2.24) is 15.1 Å². The van der Waals surface area contributed by atoms with Crippen LogP contribution in [-0.4, -0.2) is 27.2 Å². The molecule has 0 aliphatic carbocycles. The van der Waals surface area contributed by atoms with E-state index in [4.69, 9.17) is 0 Å². The maximum Gasteiger partial charge on any atom is 0.269 e. The van der Waals surface area contributed by atoms with E-state index in [1.165, 1.54) is 41.2 Å². The van der Waals surface area contributed by atoms with Crippen LogP contribution in [0.3, 0.4) is 0 Å². The number of amides is 1. The van der Waals surface area contributed by atoms with Crippen LogP contribution in [0.5, 0.6) is 0 Å². The molecule has 0 fully saturated rings. The number of nitrogens with zero attached hydrogens (tertiary/aromatic N) is 3. The highest BCUT2D eigenvalue weighted by molar-refractivity contribution is 5.94. The Morgan fingerprint density at radius 2 is 2.00 bits per heavy atom. The van der Waals surface area contributed by atoms with Crippen LogP contribution in [0.4, 0.5) is 5.69 Å². The number of nitrogens with one attached hydrogen (secondary N) is 1. The molecule has 0 aliphatic rings. The molecule has 0 atom stereocenters. The minimum atomic E-state index is -0.522. The number of carbonyl (C=O) groups is 1. The Morgan fingerprint density at radius 1 is 1.27 bits per heavy atom. The van der Waals surface area contributed by atoms with E-state index in [1.807, 2.05) is 0 Å². The van der Waals surface area contributed by atoms with Crippen molar-refractivity contribution < 1.29 is 9.72 Å². The molecule has 1 aromatic heterocycles. The maximum atomic E-state index is 11.8. The van der Waals surface area contributed by atoms with Gasteiger partial charge in [-0.15, -0.1) is 0 Å². The fourth-order valence-corrected chi connectivity index (χ4v) is 1.82. The molecule has 2 rings (SSSR count). The predicted octanol–water partition coefficient (Wildman–Crippen LogP) is 0.972. The SMILES string of the molecule is O=C(NCCCn1ncccc1=O)c1ccc([N+](=O)[O-])cc1. The van der Waals surface area contributed by atoms with Gasteiger partial charge in [-0.2, -0.15) is 5.10 Å². The molecule has 1 amide bonds. The number of hydrogen-bond acceptors (Lipinski definition) is 5. The van der Waals surface area contributed by atoms with E-state index < -0.39 is 4.92 Å². The Morgan fingerprint density at radius 3 is 2.64 bits per heavy atom. The number of nitro groups is 1. The molecule has 2 aromatic rings. The summed E-state index contributed by atoms with van der Waals surface area (Å²) in [4.78, 5) is 33.3. The van der Waals surface area contributed by atoms with Gasteiger partial charge in [0.25, 0.3) is 17.2 Å². The molecule has 0 unspecified atom stereocenters. The second-order valence-electron chi connectivity index (χ2n) is 4.50. The third-order valence-electron chi connectivity index (χ3n) is 2.96. The summed E-state index contributed by atoms with van der Waals surface area (Å²) in [7, 11) is 0. The first-order valence-electron chi connectivity index (χ1n) is 6.63. The number of benzene rings is 1. The molecule has 0 spiro atoms. The number of aryl methyl sites for hydroxylation is 1. The molecule has 22 heavy (non-hydrogen) atoms. The Bertz CT molecular complexity index is 724. The first kappa shape index (κ1) is 15.4. The number of nitro benzene ring substituents is 1. The minimum absolute atomic E-state index is 0.0638. The summed E-state index contributed by atoms with van der Waals surface area (Å²) in [5.41, 5.74) is 0.0934. The highest BCUT2D eigenvalue weighted by Gasteiger charge is 2.08. The largest absolute Gasteiger partial charge is 0.352 e. The predicted molar refractivity (Wildman–Crippen MR) is 78.5 cm³/mol. The first-order chi connectivity index (χ1) is 10.6. The van der Waals surface area contributed by atoms with Crippen LogP contribution in [0.15, 0.2) is 47.4 Å². The van der Waals surface area contributed by atoms with E-state index in [-0.39, 0.29) is 17.2 Å². The van der Waals surface area contributed by atoms with Gasteiger partial charge in [-0.25, -0.2) is 4.68 Å². The zero-order chi connectivity index (χ0) is 15.9. The minimum Gasteiger partial charge on any atom is -0.352 e. The zero-order valence-electron chi connectivity index (χ0n) is 11.6. The van der Waals surface area contributed by atoms with Crippen LogP contribution in [0.1, 0.15) is 16.8 Å².